The molecule has 2 aromatic rings. The van der Waals surface area contributed by atoms with E-state index >= 15 is 0 Å². The number of hydrogen-bond acceptors (Lipinski definition) is 4. The first kappa shape index (κ1) is 17.2. The maximum atomic E-state index is 12.2. The predicted molar refractivity (Wildman–Crippen MR) is 95.2 cm³/mol. The number of fused-ring (bicyclic) bond motifs is 1. The second-order valence-electron chi connectivity index (χ2n) is 6.63. The zero-order chi connectivity index (χ0) is 15.0. The number of carbonyl (C=O) groups is 1. The van der Waals surface area contributed by atoms with Crippen LogP contribution in [0.5, 0.6) is 0 Å². The third-order valence-electron chi connectivity index (χ3n) is 3.73. The van der Waals surface area contributed by atoms with Crippen molar-refractivity contribution in [3.8, 4) is 0 Å². The predicted octanol–water partition coefficient (Wildman–Crippen LogP) is 3.56. The maximum absolute atomic E-state index is 12.2. The lowest BCUT2D eigenvalue weighted by Crippen LogP contribution is -2.24. The normalized spacial score (nSPS) is 18.2. The van der Waals surface area contributed by atoms with Crippen LogP contribution in [0, 0.1) is 5.92 Å². The van der Waals surface area contributed by atoms with Crippen molar-refractivity contribution in [1.29, 1.82) is 0 Å². The molecule has 1 aliphatic heterocycles. The molecule has 2 N–H and O–H groups in total. The number of hydrogen-bond donors (Lipinski definition) is 2. The summed E-state index contributed by atoms with van der Waals surface area (Å²) in [6.45, 7) is 8.21. The molecule has 2 heterocycles. The van der Waals surface area contributed by atoms with Gasteiger partial charge in [-0.25, -0.2) is 4.98 Å². The molecule has 1 fully saturated rings. The summed E-state index contributed by atoms with van der Waals surface area (Å²) in [5.41, 5.74) is 1.93. The van der Waals surface area contributed by atoms with Crippen LogP contribution in [0.15, 0.2) is 18.2 Å². The molecule has 1 atom stereocenters. The largest absolute Gasteiger partial charge is 0.326 e. The lowest BCUT2D eigenvalue weighted by Gasteiger charge is -2.13. The zero-order valence-electron chi connectivity index (χ0n) is 13.1. The summed E-state index contributed by atoms with van der Waals surface area (Å²) in [5, 5.41) is 7.37. The van der Waals surface area contributed by atoms with E-state index in [4.69, 9.17) is 0 Å². The van der Waals surface area contributed by atoms with Gasteiger partial charge in [-0.15, -0.1) is 23.7 Å². The molecule has 22 heavy (non-hydrogen) atoms. The van der Waals surface area contributed by atoms with E-state index in [-0.39, 0.29) is 29.6 Å². The van der Waals surface area contributed by atoms with Gasteiger partial charge in [-0.05, 0) is 31.2 Å². The van der Waals surface area contributed by atoms with Gasteiger partial charge in [-0.3, -0.25) is 4.79 Å². The van der Waals surface area contributed by atoms with Gasteiger partial charge in [0.1, 0.15) is 0 Å². The summed E-state index contributed by atoms with van der Waals surface area (Å²) in [6.07, 6.45) is 0.919. The van der Waals surface area contributed by atoms with Crippen molar-refractivity contribution in [1.82, 2.24) is 10.3 Å². The molecule has 1 aliphatic rings. The van der Waals surface area contributed by atoms with E-state index < -0.39 is 0 Å². The van der Waals surface area contributed by atoms with Crippen molar-refractivity contribution < 1.29 is 4.79 Å². The summed E-state index contributed by atoms with van der Waals surface area (Å²) >= 11 is 1.70. The fraction of sp³-hybridized carbons (Fsp3) is 0.500. The number of nitrogens with one attached hydrogen (secondary N) is 2. The highest BCUT2D eigenvalue weighted by atomic mass is 35.5. The number of thiazole rings is 1. The van der Waals surface area contributed by atoms with E-state index in [1.807, 2.05) is 18.2 Å². The molecule has 4 nitrogen and oxygen atoms in total. The Morgan fingerprint density at radius 2 is 2.18 bits per heavy atom. The van der Waals surface area contributed by atoms with Crippen LogP contribution in [0.4, 0.5) is 5.69 Å². The lowest BCUT2D eigenvalue weighted by molar-refractivity contribution is -0.119. The molecule has 6 heteroatoms. The molecular formula is C16H22ClN3OS. The maximum Gasteiger partial charge on any atom is 0.228 e. The van der Waals surface area contributed by atoms with E-state index in [9.17, 15) is 4.79 Å². The molecule has 1 aromatic heterocycles. The first-order chi connectivity index (χ1) is 9.93. The quantitative estimate of drug-likeness (QED) is 0.879. The van der Waals surface area contributed by atoms with Gasteiger partial charge in [0, 0.05) is 17.6 Å². The summed E-state index contributed by atoms with van der Waals surface area (Å²) in [5.74, 6) is 0.201. The highest BCUT2D eigenvalue weighted by Gasteiger charge is 2.23. The van der Waals surface area contributed by atoms with Crippen LogP contribution in [0.25, 0.3) is 10.2 Å². The third kappa shape index (κ3) is 3.59. The molecule has 1 saturated heterocycles. The van der Waals surface area contributed by atoms with E-state index in [2.05, 4.69) is 36.4 Å². The Morgan fingerprint density at radius 3 is 2.82 bits per heavy atom. The van der Waals surface area contributed by atoms with Crippen molar-refractivity contribution in [2.75, 3.05) is 18.4 Å². The molecule has 120 valence electrons. The van der Waals surface area contributed by atoms with Gasteiger partial charge >= 0.3 is 0 Å². The van der Waals surface area contributed by atoms with Crippen LogP contribution in [-0.2, 0) is 10.2 Å². The zero-order valence-corrected chi connectivity index (χ0v) is 14.7. The van der Waals surface area contributed by atoms with Crippen molar-refractivity contribution in [3.63, 3.8) is 0 Å². The van der Waals surface area contributed by atoms with Gasteiger partial charge in [0.15, 0.2) is 0 Å². The molecule has 0 radical (unpaired) electrons. The minimum absolute atomic E-state index is 0. The first-order valence-corrected chi connectivity index (χ1v) is 8.18. The number of aromatic nitrogens is 1. The van der Waals surface area contributed by atoms with Gasteiger partial charge in [0.25, 0.3) is 0 Å². The summed E-state index contributed by atoms with van der Waals surface area (Å²) in [7, 11) is 0. The average molecular weight is 340 g/mol. The first-order valence-electron chi connectivity index (χ1n) is 7.36. The Labute approximate surface area is 141 Å². The minimum Gasteiger partial charge on any atom is -0.326 e. The number of benzene rings is 1. The fourth-order valence-corrected chi connectivity index (χ4v) is 3.51. The molecule has 0 spiro atoms. The third-order valence-corrected chi connectivity index (χ3v) is 5.17. The topological polar surface area (TPSA) is 54.0 Å². The average Bonchev–Trinajstić information content (AvgIpc) is 3.06. The lowest BCUT2D eigenvalue weighted by atomic mass is 9.98. The van der Waals surface area contributed by atoms with Crippen LogP contribution in [0.3, 0.4) is 0 Å². The standard InChI is InChI=1S/C16H21N3OS.ClH/c1-16(2,3)15-19-12-5-4-11(8-13(12)21-15)18-14(20)10-6-7-17-9-10;/h4-5,8,10,17H,6-7,9H2,1-3H3,(H,18,20);1H. The number of amides is 1. The van der Waals surface area contributed by atoms with Gasteiger partial charge < -0.3 is 10.6 Å². The smallest absolute Gasteiger partial charge is 0.228 e. The number of anilines is 1. The molecule has 1 unspecified atom stereocenters. The number of nitrogens with zero attached hydrogens (tertiary/aromatic N) is 1. The summed E-state index contributed by atoms with van der Waals surface area (Å²) < 4.78 is 1.13. The van der Waals surface area contributed by atoms with E-state index in [0.29, 0.717) is 0 Å². The van der Waals surface area contributed by atoms with Crippen LogP contribution in [-0.4, -0.2) is 24.0 Å². The highest BCUT2D eigenvalue weighted by molar-refractivity contribution is 7.18. The molecule has 1 amide bonds. The van der Waals surface area contributed by atoms with Crippen molar-refractivity contribution >= 4 is 45.6 Å². The van der Waals surface area contributed by atoms with Crippen molar-refractivity contribution in [2.24, 2.45) is 5.92 Å². The molecular weight excluding hydrogens is 318 g/mol. The van der Waals surface area contributed by atoms with Crippen molar-refractivity contribution in [2.45, 2.75) is 32.6 Å². The van der Waals surface area contributed by atoms with Gasteiger partial charge in [0.2, 0.25) is 5.91 Å². The van der Waals surface area contributed by atoms with Gasteiger partial charge in [-0.2, -0.15) is 0 Å². The Morgan fingerprint density at radius 1 is 1.41 bits per heavy atom. The Bertz CT molecular complexity index is 672. The van der Waals surface area contributed by atoms with Gasteiger partial charge in [0.05, 0.1) is 21.1 Å². The molecule has 0 aliphatic carbocycles. The highest BCUT2D eigenvalue weighted by Crippen LogP contribution is 2.32. The Kier molecular flexibility index (Phi) is 5.10. The fourth-order valence-electron chi connectivity index (χ4n) is 2.45. The number of rotatable bonds is 2. The number of carbonyl (C=O) groups excluding carboxylic acids is 1. The van der Waals surface area contributed by atoms with E-state index in [0.717, 1.165) is 40.4 Å². The monoisotopic (exact) mass is 339 g/mol. The number of halogens is 1. The molecule has 0 bridgehead atoms. The Hall–Kier alpha value is -1.17. The SMILES string of the molecule is CC(C)(C)c1nc2ccc(NC(=O)C3CCNC3)cc2s1.Cl. The van der Waals surface area contributed by atoms with Crippen LogP contribution in [0.1, 0.15) is 32.2 Å². The molecule has 1 aromatic carbocycles. The van der Waals surface area contributed by atoms with Crippen LogP contribution >= 0.6 is 23.7 Å². The van der Waals surface area contributed by atoms with Crippen molar-refractivity contribution in [3.05, 3.63) is 23.2 Å². The van der Waals surface area contributed by atoms with E-state index in [1.54, 1.807) is 11.3 Å². The van der Waals surface area contributed by atoms with Crippen LogP contribution < -0.4 is 10.6 Å². The summed E-state index contributed by atoms with van der Waals surface area (Å²) in [4.78, 5) is 16.8. The minimum atomic E-state index is 0. The second kappa shape index (κ2) is 6.52. The summed E-state index contributed by atoms with van der Waals surface area (Å²) in [6, 6.07) is 5.96. The van der Waals surface area contributed by atoms with Gasteiger partial charge in [-0.1, -0.05) is 20.8 Å². The Balaban J connectivity index is 0.00000176. The molecule has 3 rings (SSSR count). The van der Waals surface area contributed by atoms with Crippen LogP contribution in [0.2, 0.25) is 0 Å². The molecule has 0 saturated carbocycles. The van der Waals surface area contributed by atoms with E-state index in [1.165, 1.54) is 0 Å². The second-order valence-corrected chi connectivity index (χ2v) is 7.66.